The quantitative estimate of drug-likeness (QED) is 0.804. The summed E-state index contributed by atoms with van der Waals surface area (Å²) in [5.41, 5.74) is -0.228. The standard InChI is InChI=1S/C16H24N2O5/c1-16(2,3)23-15(21)17-12(14(20)18(4)22-5)13(19)11-9-7-6-8-10-11/h6-10,12-13,19H,1-5H3,(H,17,21)/t12-,13+/m0/s1. The van der Waals surface area contributed by atoms with Gasteiger partial charge < -0.3 is 15.2 Å². The van der Waals surface area contributed by atoms with Gasteiger partial charge in [0, 0.05) is 7.05 Å². The molecule has 0 heterocycles. The number of likely N-dealkylation sites (N-methyl/N-ethyl adjacent to an activating group) is 1. The van der Waals surface area contributed by atoms with Crippen LogP contribution in [0.5, 0.6) is 0 Å². The first-order valence-electron chi connectivity index (χ1n) is 7.20. The molecule has 0 aromatic heterocycles. The molecule has 23 heavy (non-hydrogen) atoms. The van der Waals surface area contributed by atoms with E-state index in [1.807, 2.05) is 0 Å². The van der Waals surface area contributed by atoms with E-state index in [2.05, 4.69) is 5.32 Å². The van der Waals surface area contributed by atoms with Crippen LogP contribution in [0.2, 0.25) is 0 Å². The predicted molar refractivity (Wildman–Crippen MR) is 84.3 cm³/mol. The van der Waals surface area contributed by atoms with Crippen molar-refractivity contribution in [1.82, 2.24) is 10.4 Å². The second kappa shape index (κ2) is 7.94. The molecule has 7 nitrogen and oxygen atoms in total. The van der Waals surface area contributed by atoms with E-state index < -0.39 is 29.7 Å². The highest BCUT2D eigenvalue weighted by molar-refractivity contribution is 5.85. The van der Waals surface area contributed by atoms with Gasteiger partial charge in [-0.25, -0.2) is 9.86 Å². The van der Waals surface area contributed by atoms with Crippen LogP contribution in [0.15, 0.2) is 30.3 Å². The Balaban J connectivity index is 2.98. The number of alkyl carbamates (subject to hydrolysis) is 1. The van der Waals surface area contributed by atoms with Crippen LogP contribution in [0.4, 0.5) is 4.79 Å². The Morgan fingerprint density at radius 2 is 1.78 bits per heavy atom. The van der Waals surface area contributed by atoms with Crippen LogP contribution in [0.25, 0.3) is 0 Å². The number of hydroxylamine groups is 2. The number of aliphatic hydroxyl groups excluding tert-OH is 1. The molecule has 0 unspecified atom stereocenters. The van der Waals surface area contributed by atoms with Gasteiger partial charge in [-0.3, -0.25) is 9.63 Å². The van der Waals surface area contributed by atoms with Gasteiger partial charge >= 0.3 is 6.09 Å². The number of hydrogen-bond donors (Lipinski definition) is 2. The van der Waals surface area contributed by atoms with Gasteiger partial charge in [0.05, 0.1) is 7.11 Å². The molecule has 0 radical (unpaired) electrons. The molecule has 0 aliphatic heterocycles. The van der Waals surface area contributed by atoms with Crippen LogP contribution in [-0.2, 0) is 14.4 Å². The fourth-order valence-electron chi connectivity index (χ4n) is 1.84. The molecule has 0 saturated carbocycles. The van der Waals surface area contributed by atoms with Crippen LogP contribution in [0, 0.1) is 0 Å². The maximum absolute atomic E-state index is 12.4. The number of carbonyl (C=O) groups excluding carboxylic acids is 2. The summed E-state index contributed by atoms with van der Waals surface area (Å²) < 4.78 is 5.15. The first-order valence-corrected chi connectivity index (χ1v) is 7.20. The molecule has 7 heteroatoms. The Labute approximate surface area is 136 Å². The fourth-order valence-corrected chi connectivity index (χ4v) is 1.84. The summed E-state index contributed by atoms with van der Waals surface area (Å²) >= 11 is 0. The zero-order valence-electron chi connectivity index (χ0n) is 14.1. The Hall–Kier alpha value is -2.12. The first-order chi connectivity index (χ1) is 10.7. The third kappa shape index (κ3) is 5.88. The molecule has 0 saturated heterocycles. The van der Waals surface area contributed by atoms with Gasteiger partial charge in [-0.05, 0) is 26.3 Å². The second-order valence-electron chi connectivity index (χ2n) is 6.00. The Morgan fingerprint density at radius 1 is 1.22 bits per heavy atom. The van der Waals surface area contributed by atoms with Gasteiger partial charge in [-0.1, -0.05) is 30.3 Å². The zero-order valence-corrected chi connectivity index (χ0v) is 14.1. The van der Waals surface area contributed by atoms with Crippen LogP contribution in [0.3, 0.4) is 0 Å². The number of hydrogen-bond acceptors (Lipinski definition) is 5. The highest BCUT2D eigenvalue weighted by atomic mass is 16.7. The average Bonchev–Trinajstić information content (AvgIpc) is 2.49. The van der Waals surface area contributed by atoms with Gasteiger partial charge in [-0.15, -0.1) is 0 Å². The molecular weight excluding hydrogens is 300 g/mol. The molecule has 0 aliphatic carbocycles. The number of amides is 2. The molecule has 128 valence electrons. The molecule has 1 aromatic carbocycles. The highest BCUT2D eigenvalue weighted by Gasteiger charge is 2.33. The van der Waals surface area contributed by atoms with Crippen molar-refractivity contribution in [2.75, 3.05) is 14.2 Å². The van der Waals surface area contributed by atoms with E-state index in [4.69, 9.17) is 9.57 Å². The van der Waals surface area contributed by atoms with E-state index in [9.17, 15) is 14.7 Å². The van der Waals surface area contributed by atoms with Crippen molar-refractivity contribution < 1.29 is 24.3 Å². The summed E-state index contributed by atoms with van der Waals surface area (Å²) in [4.78, 5) is 29.2. The minimum absolute atomic E-state index is 0.492. The van der Waals surface area contributed by atoms with Crippen molar-refractivity contribution in [3.05, 3.63) is 35.9 Å². The fraction of sp³-hybridized carbons (Fsp3) is 0.500. The molecule has 2 atom stereocenters. The summed E-state index contributed by atoms with van der Waals surface area (Å²) in [6, 6.07) is 7.33. The van der Waals surface area contributed by atoms with E-state index in [0.717, 1.165) is 5.06 Å². The zero-order chi connectivity index (χ0) is 17.6. The minimum Gasteiger partial charge on any atom is -0.444 e. The minimum atomic E-state index is -1.24. The summed E-state index contributed by atoms with van der Waals surface area (Å²) in [5.74, 6) is -0.602. The second-order valence-corrected chi connectivity index (χ2v) is 6.00. The molecule has 0 aliphatic rings. The van der Waals surface area contributed by atoms with Crippen LogP contribution >= 0.6 is 0 Å². The third-order valence-electron chi connectivity index (χ3n) is 2.98. The van der Waals surface area contributed by atoms with Crippen molar-refractivity contribution in [2.45, 2.75) is 38.5 Å². The largest absolute Gasteiger partial charge is 0.444 e. The Kier molecular flexibility index (Phi) is 6.53. The SMILES string of the molecule is CON(C)C(=O)[C@@H](NC(=O)OC(C)(C)C)[C@H](O)c1ccccc1. The van der Waals surface area contributed by atoms with Crippen molar-refractivity contribution in [3.63, 3.8) is 0 Å². The number of aliphatic hydroxyl groups is 1. The van der Waals surface area contributed by atoms with Gasteiger partial charge in [0.25, 0.3) is 5.91 Å². The highest BCUT2D eigenvalue weighted by Crippen LogP contribution is 2.19. The summed E-state index contributed by atoms with van der Waals surface area (Å²) in [6.07, 6.45) is -2.04. The summed E-state index contributed by atoms with van der Waals surface area (Å²) in [5, 5.41) is 13.8. The topological polar surface area (TPSA) is 88.1 Å². The molecule has 2 amide bonds. The summed E-state index contributed by atoms with van der Waals surface area (Å²) in [7, 11) is 2.71. The summed E-state index contributed by atoms with van der Waals surface area (Å²) in [6.45, 7) is 5.12. The Morgan fingerprint density at radius 3 is 2.26 bits per heavy atom. The van der Waals surface area contributed by atoms with E-state index in [1.165, 1.54) is 14.2 Å². The van der Waals surface area contributed by atoms with Crippen molar-refractivity contribution >= 4 is 12.0 Å². The average molecular weight is 324 g/mol. The van der Waals surface area contributed by atoms with E-state index >= 15 is 0 Å². The smallest absolute Gasteiger partial charge is 0.408 e. The number of carbonyl (C=O) groups is 2. The van der Waals surface area contributed by atoms with E-state index in [0.29, 0.717) is 5.56 Å². The van der Waals surface area contributed by atoms with Crippen LogP contribution in [0.1, 0.15) is 32.4 Å². The number of benzene rings is 1. The van der Waals surface area contributed by atoms with Crippen LogP contribution in [-0.4, -0.2) is 48.0 Å². The lowest BCUT2D eigenvalue weighted by atomic mass is 10.0. The van der Waals surface area contributed by atoms with Crippen molar-refractivity contribution in [3.8, 4) is 0 Å². The molecule has 0 fully saturated rings. The van der Waals surface area contributed by atoms with Crippen molar-refractivity contribution in [1.29, 1.82) is 0 Å². The van der Waals surface area contributed by atoms with Gasteiger partial charge in [0.15, 0.2) is 0 Å². The predicted octanol–water partition coefficient (Wildman–Crippen LogP) is 1.63. The molecule has 0 bridgehead atoms. The molecule has 2 N–H and O–H groups in total. The maximum atomic E-state index is 12.4. The van der Waals surface area contributed by atoms with Gasteiger partial charge in [0.1, 0.15) is 17.7 Å². The van der Waals surface area contributed by atoms with Crippen LogP contribution < -0.4 is 5.32 Å². The molecule has 0 spiro atoms. The lowest BCUT2D eigenvalue weighted by Gasteiger charge is -2.28. The van der Waals surface area contributed by atoms with E-state index in [1.54, 1.807) is 51.1 Å². The van der Waals surface area contributed by atoms with Crippen molar-refractivity contribution in [2.24, 2.45) is 0 Å². The van der Waals surface area contributed by atoms with E-state index in [-0.39, 0.29) is 0 Å². The monoisotopic (exact) mass is 324 g/mol. The lowest BCUT2D eigenvalue weighted by Crippen LogP contribution is -2.51. The lowest BCUT2D eigenvalue weighted by molar-refractivity contribution is -0.173. The number of rotatable bonds is 5. The molecule has 1 aromatic rings. The third-order valence-corrected chi connectivity index (χ3v) is 2.98. The Bertz CT molecular complexity index is 527. The normalized spacial score (nSPS) is 13.8. The first kappa shape index (κ1) is 18.9. The van der Waals surface area contributed by atoms with Gasteiger partial charge in [0.2, 0.25) is 0 Å². The molecule has 1 rings (SSSR count). The maximum Gasteiger partial charge on any atom is 0.408 e. The number of nitrogens with one attached hydrogen (secondary N) is 1. The number of ether oxygens (including phenoxy) is 1. The van der Waals surface area contributed by atoms with Gasteiger partial charge in [-0.2, -0.15) is 0 Å². The molecular formula is C16H24N2O5. The number of nitrogens with zero attached hydrogens (tertiary/aromatic N) is 1.